The summed E-state index contributed by atoms with van der Waals surface area (Å²) in [7, 11) is 4.10. The minimum Gasteiger partial charge on any atom is -0.435 e. The van der Waals surface area contributed by atoms with Crippen molar-refractivity contribution in [1.29, 1.82) is 0 Å². The van der Waals surface area contributed by atoms with Crippen LogP contribution in [0.15, 0.2) is 66.7 Å². The standard InChI is InChI=1S/C23H23N2O/c1-17-13-19(18-7-5-4-6-8-18)14-20-15-25(16-26-23(17)20)22-11-9-21(10-12-22)24(2)3/h4-15H,16H2,1-3H3/q+1. The summed E-state index contributed by atoms with van der Waals surface area (Å²) in [6.45, 7) is 2.64. The van der Waals surface area contributed by atoms with Crippen LogP contribution in [0, 0.1) is 6.92 Å². The lowest BCUT2D eigenvalue weighted by Gasteiger charge is -2.17. The first-order valence-corrected chi connectivity index (χ1v) is 8.83. The van der Waals surface area contributed by atoms with E-state index in [0.29, 0.717) is 6.73 Å². The maximum Gasteiger partial charge on any atom is 0.292 e. The molecule has 0 fully saturated rings. The molecule has 0 amide bonds. The van der Waals surface area contributed by atoms with E-state index in [1.807, 2.05) is 6.07 Å². The number of aryl methyl sites for hydroxylation is 1. The van der Waals surface area contributed by atoms with Crippen LogP contribution in [0.3, 0.4) is 0 Å². The molecule has 0 saturated heterocycles. The topological polar surface area (TPSA) is 15.5 Å². The highest BCUT2D eigenvalue weighted by Crippen LogP contribution is 2.32. The minimum atomic E-state index is 0.528. The molecule has 0 aliphatic carbocycles. The van der Waals surface area contributed by atoms with Crippen LogP contribution in [0.5, 0.6) is 5.75 Å². The quantitative estimate of drug-likeness (QED) is 0.632. The summed E-state index contributed by atoms with van der Waals surface area (Å²) in [6.07, 6.45) is 2.18. The van der Waals surface area contributed by atoms with E-state index in [4.69, 9.17) is 4.74 Å². The van der Waals surface area contributed by atoms with Gasteiger partial charge in [0.25, 0.3) is 6.73 Å². The normalized spacial score (nSPS) is 12.8. The molecule has 0 bridgehead atoms. The lowest BCUT2D eigenvalue weighted by Crippen LogP contribution is -2.21. The molecule has 1 heterocycles. The summed E-state index contributed by atoms with van der Waals surface area (Å²) < 4.78 is 8.22. The molecule has 0 aromatic heterocycles. The molecule has 0 N–H and O–H groups in total. The number of nitrogens with zero attached hydrogens (tertiary/aromatic N) is 2. The molecule has 4 rings (SSSR count). The van der Waals surface area contributed by atoms with Gasteiger partial charge in [-0.05, 0) is 47.9 Å². The van der Waals surface area contributed by atoms with Gasteiger partial charge in [0.1, 0.15) is 5.75 Å². The predicted octanol–water partition coefficient (Wildman–Crippen LogP) is 4.84. The van der Waals surface area contributed by atoms with Crippen LogP contribution in [-0.2, 0) is 0 Å². The molecule has 0 radical (unpaired) electrons. The van der Waals surface area contributed by atoms with Gasteiger partial charge in [0.2, 0.25) is 5.69 Å². The molecular formula is C23H23N2O+. The average Bonchev–Trinajstić information content (AvgIpc) is 2.68. The Bertz CT molecular complexity index is 958. The van der Waals surface area contributed by atoms with Crippen molar-refractivity contribution in [3.63, 3.8) is 0 Å². The van der Waals surface area contributed by atoms with E-state index in [1.54, 1.807) is 0 Å². The number of fused-ring (bicyclic) bond motifs is 1. The van der Waals surface area contributed by atoms with Crippen LogP contribution in [-0.4, -0.2) is 31.6 Å². The molecular weight excluding hydrogens is 320 g/mol. The maximum atomic E-state index is 6.07. The van der Waals surface area contributed by atoms with Gasteiger partial charge in [-0.3, -0.25) is 0 Å². The van der Waals surface area contributed by atoms with E-state index >= 15 is 0 Å². The Kier molecular flexibility index (Phi) is 4.21. The van der Waals surface area contributed by atoms with Gasteiger partial charge >= 0.3 is 0 Å². The number of hydrogen-bond acceptors (Lipinski definition) is 2. The van der Waals surface area contributed by atoms with Crippen molar-refractivity contribution >= 4 is 17.6 Å². The lowest BCUT2D eigenvalue weighted by molar-refractivity contribution is -0.476. The van der Waals surface area contributed by atoms with Gasteiger partial charge in [-0.2, -0.15) is 4.58 Å². The first-order chi connectivity index (χ1) is 12.6. The van der Waals surface area contributed by atoms with Crippen LogP contribution >= 0.6 is 0 Å². The van der Waals surface area contributed by atoms with Crippen molar-refractivity contribution in [3.05, 3.63) is 77.9 Å². The van der Waals surface area contributed by atoms with Crippen LogP contribution in [0.2, 0.25) is 0 Å². The van der Waals surface area contributed by atoms with Gasteiger partial charge in [0.15, 0.2) is 6.21 Å². The van der Waals surface area contributed by atoms with Crippen molar-refractivity contribution in [2.75, 3.05) is 25.7 Å². The van der Waals surface area contributed by atoms with Gasteiger partial charge < -0.3 is 9.64 Å². The Balaban J connectivity index is 1.74. The van der Waals surface area contributed by atoms with Crippen molar-refractivity contribution in [3.8, 4) is 16.9 Å². The Morgan fingerprint density at radius 3 is 2.31 bits per heavy atom. The summed E-state index contributed by atoms with van der Waals surface area (Å²) in [6, 6.07) is 23.4. The van der Waals surface area contributed by atoms with Crippen LogP contribution in [0.1, 0.15) is 11.1 Å². The molecule has 0 unspecified atom stereocenters. The van der Waals surface area contributed by atoms with Gasteiger partial charge in [-0.15, -0.1) is 0 Å². The van der Waals surface area contributed by atoms with E-state index in [-0.39, 0.29) is 0 Å². The second kappa shape index (κ2) is 6.68. The number of rotatable bonds is 3. The van der Waals surface area contributed by atoms with Crippen molar-refractivity contribution < 1.29 is 9.31 Å². The SMILES string of the molecule is Cc1cc(-c2ccccc2)cc2c1OC[N+](c1ccc(N(C)C)cc1)=C2. The molecule has 26 heavy (non-hydrogen) atoms. The smallest absolute Gasteiger partial charge is 0.292 e. The zero-order valence-electron chi connectivity index (χ0n) is 15.4. The van der Waals surface area contributed by atoms with E-state index in [0.717, 1.165) is 17.0 Å². The third-order valence-electron chi connectivity index (χ3n) is 4.75. The fraction of sp³-hybridized carbons (Fsp3) is 0.174. The third kappa shape index (κ3) is 3.08. The van der Waals surface area contributed by atoms with E-state index in [1.165, 1.54) is 22.4 Å². The van der Waals surface area contributed by atoms with E-state index < -0.39 is 0 Å². The largest absolute Gasteiger partial charge is 0.435 e. The lowest BCUT2D eigenvalue weighted by atomic mass is 9.99. The summed E-state index contributed by atoms with van der Waals surface area (Å²) in [5, 5.41) is 0. The minimum absolute atomic E-state index is 0.528. The number of anilines is 1. The zero-order valence-corrected chi connectivity index (χ0v) is 15.4. The summed E-state index contributed by atoms with van der Waals surface area (Å²) >= 11 is 0. The summed E-state index contributed by atoms with van der Waals surface area (Å²) in [5.41, 5.74) is 7.04. The molecule has 1 aliphatic rings. The number of ether oxygens (including phenoxy) is 1. The van der Waals surface area contributed by atoms with Crippen LogP contribution in [0.4, 0.5) is 11.4 Å². The maximum absolute atomic E-state index is 6.07. The molecule has 130 valence electrons. The Labute approximate surface area is 154 Å². The highest BCUT2D eigenvalue weighted by atomic mass is 16.5. The number of hydrogen-bond donors (Lipinski definition) is 0. The zero-order chi connectivity index (χ0) is 18.1. The first-order valence-electron chi connectivity index (χ1n) is 8.83. The molecule has 3 heteroatoms. The monoisotopic (exact) mass is 343 g/mol. The molecule has 3 nitrogen and oxygen atoms in total. The Morgan fingerprint density at radius 2 is 1.62 bits per heavy atom. The second-order valence-electron chi connectivity index (χ2n) is 6.86. The molecule has 1 aliphatic heterocycles. The molecule has 0 saturated carbocycles. The van der Waals surface area contributed by atoms with Gasteiger partial charge in [0.05, 0.1) is 5.56 Å². The van der Waals surface area contributed by atoms with Crippen molar-refractivity contribution in [1.82, 2.24) is 0 Å². The second-order valence-corrected chi connectivity index (χ2v) is 6.86. The van der Waals surface area contributed by atoms with Gasteiger partial charge in [-0.1, -0.05) is 30.3 Å². The van der Waals surface area contributed by atoms with Crippen molar-refractivity contribution in [2.45, 2.75) is 6.92 Å². The third-order valence-corrected chi connectivity index (χ3v) is 4.75. The fourth-order valence-corrected chi connectivity index (χ4v) is 3.32. The van der Waals surface area contributed by atoms with E-state index in [9.17, 15) is 0 Å². The molecule has 3 aromatic carbocycles. The summed E-state index contributed by atoms with van der Waals surface area (Å²) in [4.78, 5) is 2.10. The van der Waals surface area contributed by atoms with Crippen molar-refractivity contribution in [2.24, 2.45) is 0 Å². The molecule has 0 spiro atoms. The average molecular weight is 343 g/mol. The molecule has 3 aromatic rings. The van der Waals surface area contributed by atoms with E-state index in [2.05, 4.69) is 97.4 Å². The Hall–Kier alpha value is -3.07. The van der Waals surface area contributed by atoms with Gasteiger partial charge in [-0.25, -0.2) is 0 Å². The predicted molar refractivity (Wildman–Crippen MR) is 108 cm³/mol. The Morgan fingerprint density at radius 1 is 0.885 bits per heavy atom. The fourth-order valence-electron chi connectivity index (χ4n) is 3.32. The highest BCUT2D eigenvalue weighted by molar-refractivity contribution is 5.86. The first kappa shape index (κ1) is 16.4. The molecule has 0 atom stereocenters. The van der Waals surface area contributed by atoms with Gasteiger partial charge in [0, 0.05) is 31.9 Å². The summed E-state index contributed by atoms with van der Waals surface area (Å²) in [5.74, 6) is 0.978. The highest BCUT2D eigenvalue weighted by Gasteiger charge is 2.21. The van der Waals surface area contributed by atoms with Crippen LogP contribution in [0.25, 0.3) is 11.1 Å². The van der Waals surface area contributed by atoms with Crippen LogP contribution < -0.4 is 9.64 Å². The number of benzene rings is 3.